The number of urea groups is 1. The Bertz CT molecular complexity index is 554. The van der Waals surface area contributed by atoms with E-state index in [1.165, 1.54) is 4.90 Å². The van der Waals surface area contributed by atoms with Gasteiger partial charge in [0, 0.05) is 10.9 Å². The number of nitrogens with one attached hydrogen (secondary N) is 2. The zero-order chi connectivity index (χ0) is 17.5. The number of rotatable bonds is 6. The standard InChI is InChI=1S/C18H26N2O3S/c1-3-24-16-10-6-13(7-11-16)12(2)19-18(23)20-15-8-4-14(5-9-15)17(21)22/h6-7,10-12,14-15H,3-5,8-9H2,1-2H3,(H,21,22)(H2,19,20,23). The van der Waals surface area contributed by atoms with E-state index >= 15 is 0 Å². The van der Waals surface area contributed by atoms with Gasteiger partial charge in [0.15, 0.2) is 0 Å². The van der Waals surface area contributed by atoms with Gasteiger partial charge in [-0.15, -0.1) is 11.8 Å². The molecular formula is C18H26N2O3S. The lowest BCUT2D eigenvalue weighted by Crippen LogP contribution is -2.44. The molecule has 0 spiro atoms. The molecule has 6 heteroatoms. The minimum atomic E-state index is -0.726. The predicted octanol–water partition coefficient (Wildman–Crippen LogP) is 3.80. The monoisotopic (exact) mass is 350 g/mol. The van der Waals surface area contributed by atoms with E-state index in [0.717, 1.165) is 24.2 Å². The van der Waals surface area contributed by atoms with Crippen LogP contribution in [0.3, 0.4) is 0 Å². The van der Waals surface area contributed by atoms with Gasteiger partial charge in [0.1, 0.15) is 0 Å². The van der Waals surface area contributed by atoms with Crippen LogP contribution in [-0.2, 0) is 4.79 Å². The van der Waals surface area contributed by atoms with Crippen LogP contribution in [0.5, 0.6) is 0 Å². The Morgan fingerprint density at radius 1 is 1.21 bits per heavy atom. The van der Waals surface area contributed by atoms with E-state index in [2.05, 4.69) is 29.7 Å². The van der Waals surface area contributed by atoms with Gasteiger partial charge in [-0.05, 0) is 56.1 Å². The van der Waals surface area contributed by atoms with Crippen LogP contribution in [0.4, 0.5) is 4.79 Å². The van der Waals surface area contributed by atoms with E-state index in [4.69, 9.17) is 5.11 Å². The minimum Gasteiger partial charge on any atom is -0.481 e. The van der Waals surface area contributed by atoms with Crippen molar-refractivity contribution in [3.05, 3.63) is 29.8 Å². The number of hydrogen-bond acceptors (Lipinski definition) is 3. The number of aliphatic carboxylic acids is 1. The number of benzene rings is 1. The molecule has 1 aliphatic rings. The molecule has 1 aliphatic carbocycles. The Morgan fingerprint density at radius 3 is 2.38 bits per heavy atom. The molecule has 1 unspecified atom stereocenters. The Hall–Kier alpha value is -1.69. The average Bonchev–Trinajstić information content (AvgIpc) is 2.56. The Morgan fingerprint density at radius 2 is 1.83 bits per heavy atom. The molecule has 1 atom stereocenters. The molecule has 132 valence electrons. The molecule has 0 bridgehead atoms. The van der Waals surface area contributed by atoms with Crippen LogP contribution < -0.4 is 10.6 Å². The molecule has 2 amide bonds. The number of carboxylic acid groups (broad SMARTS) is 1. The molecule has 1 saturated carbocycles. The summed E-state index contributed by atoms with van der Waals surface area (Å²) in [6, 6.07) is 8.05. The zero-order valence-electron chi connectivity index (χ0n) is 14.2. The Balaban J connectivity index is 1.78. The van der Waals surface area contributed by atoms with Gasteiger partial charge in [-0.25, -0.2) is 4.79 Å². The molecule has 0 radical (unpaired) electrons. The third-order valence-corrected chi connectivity index (χ3v) is 5.34. The van der Waals surface area contributed by atoms with Crippen molar-refractivity contribution < 1.29 is 14.7 Å². The lowest BCUT2D eigenvalue weighted by Gasteiger charge is -2.27. The third-order valence-electron chi connectivity index (χ3n) is 4.45. The average molecular weight is 350 g/mol. The summed E-state index contributed by atoms with van der Waals surface area (Å²) in [5, 5.41) is 14.9. The van der Waals surface area contributed by atoms with Gasteiger partial charge in [-0.2, -0.15) is 0 Å². The SMILES string of the molecule is CCSc1ccc(C(C)NC(=O)NC2CCC(C(=O)O)CC2)cc1. The first-order valence-electron chi connectivity index (χ1n) is 8.52. The van der Waals surface area contributed by atoms with Crippen molar-refractivity contribution in [2.75, 3.05) is 5.75 Å². The van der Waals surface area contributed by atoms with Crippen molar-refractivity contribution >= 4 is 23.8 Å². The van der Waals surface area contributed by atoms with Crippen molar-refractivity contribution in [1.29, 1.82) is 0 Å². The highest BCUT2D eigenvalue weighted by atomic mass is 32.2. The number of amides is 2. The number of carbonyl (C=O) groups excluding carboxylic acids is 1. The van der Waals surface area contributed by atoms with Gasteiger partial charge >= 0.3 is 12.0 Å². The van der Waals surface area contributed by atoms with E-state index in [1.807, 2.05) is 19.1 Å². The molecule has 3 N–H and O–H groups in total. The zero-order valence-corrected chi connectivity index (χ0v) is 15.1. The van der Waals surface area contributed by atoms with E-state index < -0.39 is 5.97 Å². The maximum Gasteiger partial charge on any atom is 0.315 e. The lowest BCUT2D eigenvalue weighted by molar-refractivity contribution is -0.142. The van der Waals surface area contributed by atoms with Gasteiger partial charge in [0.2, 0.25) is 0 Å². The van der Waals surface area contributed by atoms with Gasteiger partial charge < -0.3 is 15.7 Å². The summed E-state index contributed by atoms with van der Waals surface area (Å²) in [6.45, 7) is 4.08. The summed E-state index contributed by atoms with van der Waals surface area (Å²) in [7, 11) is 0. The van der Waals surface area contributed by atoms with Crippen molar-refractivity contribution in [1.82, 2.24) is 10.6 Å². The number of hydrogen-bond donors (Lipinski definition) is 3. The second-order valence-corrected chi connectivity index (χ2v) is 7.57. The van der Waals surface area contributed by atoms with Crippen LogP contribution in [0.15, 0.2) is 29.2 Å². The number of carbonyl (C=O) groups is 2. The second-order valence-electron chi connectivity index (χ2n) is 6.23. The fraction of sp³-hybridized carbons (Fsp3) is 0.556. The fourth-order valence-corrected chi connectivity index (χ4v) is 3.67. The molecule has 0 saturated heterocycles. The topological polar surface area (TPSA) is 78.4 Å². The molecule has 2 rings (SSSR count). The molecule has 1 aromatic rings. The van der Waals surface area contributed by atoms with Crippen LogP contribution in [-0.4, -0.2) is 28.9 Å². The van der Waals surface area contributed by atoms with E-state index in [1.54, 1.807) is 11.8 Å². The smallest absolute Gasteiger partial charge is 0.315 e. The summed E-state index contributed by atoms with van der Waals surface area (Å²) in [5.41, 5.74) is 1.07. The largest absolute Gasteiger partial charge is 0.481 e. The molecule has 0 aromatic heterocycles. The first-order valence-corrected chi connectivity index (χ1v) is 9.50. The normalized spacial score (nSPS) is 21.8. The van der Waals surface area contributed by atoms with E-state index in [9.17, 15) is 9.59 Å². The van der Waals surface area contributed by atoms with E-state index in [0.29, 0.717) is 12.8 Å². The molecule has 0 heterocycles. The highest BCUT2D eigenvalue weighted by molar-refractivity contribution is 7.99. The van der Waals surface area contributed by atoms with Crippen LogP contribution in [0.1, 0.15) is 51.1 Å². The molecule has 1 fully saturated rings. The summed E-state index contributed by atoms with van der Waals surface area (Å²) in [4.78, 5) is 24.3. The van der Waals surface area contributed by atoms with Crippen LogP contribution in [0.25, 0.3) is 0 Å². The van der Waals surface area contributed by atoms with Crippen molar-refractivity contribution in [3.8, 4) is 0 Å². The summed E-state index contributed by atoms with van der Waals surface area (Å²) >= 11 is 1.79. The second kappa shape index (κ2) is 8.97. The molecular weight excluding hydrogens is 324 g/mol. The molecule has 5 nitrogen and oxygen atoms in total. The summed E-state index contributed by atoms with van der Waals surface area (Å²) in [5.74, 6) is 0.0559. The maximum absolute atomic E-state index is 12.1. The highest BCUT2D eigenvalue weighted by Crippen LogP contribution is 2.24. The third kappa shape index (κ3) is 5.44. The number of thioether (sulfide) groups is 1. The minimum absolute atomic E-state index is 0.0659. The number of carboxylic acids is 1. The van der Waals surface area contributed by atoms with Crippen LogP contribution >= 0.6 is 11.8 Å². The Labute approximate surface area is 147 Å². The lowest BCUT2D eigenvalue weighted by atomic mass is 9.86. The molecule has 1 aromatic carbocycles. The molecule has 0 aliphatic heterocycles. The van der Waals surface area contributed by atoms with Crippen molar-refractivity contribution in [2.45, 2.75) is 56.5 Å². The van der Waals surface area contributed by atoms with Crippen molar-refractivity contribution in [2.24, 2.45) is 5.92 Å². The van der Waals surface area contributed by atoms with Gasteiger partial charge in [-0.3, -0.25) is 4.79 Å². The Kier molecular flexibility index (Phi) is 6.97. The predicted molar refractivity (Wildman–Crippen MR) is 96.3 cm³/mol. The summed E-state index contributed by atoms with van der Waals surface area (Å²) < 4.78 is 0. The summed E-state index contributed by atoms with van der Waals surface area (Å²) in [6.07, 6.45) is 2.71. The van der Waals surface area contributed by atoms with E-state index in [-0.39, 0.29) is 24.0 Å². The first kappa shape index (κ1) is 18.6. The first-order chi connectivity index (χ1) is 11.5. The van der Waals surface area contributed by atoms with Gasteiger partial charge in [0.05, 0.1) is 12.0 Å². The molecule has 24 heavy (non-hydrogen) atoms. The van der Waals surface area contributed by atoms with Crippen LogP contribution in [0, 0.1) is 5.92 Å². The highest BCUT2D eigenvalue weighted by Gasteiger charge is 2.26. The van der Waals surface area contributed by atoms with Crippen molar-refractivity contribution in [3.63, 3.8) is 0 Å². The van der Waals surface area contributed by atoms with Gasteiger partial charge in [-0.1, -0.05) is 19.1 Å². The quantitative estimate of drug-likeness (QED) is 0.682. The van der Waals surface area contributed by atoms with Crippen LogP contribution in [0.2, 0.25) is 0 Å². The maximum atomic E-state index is 12.1. The fourth-order valence-electron chi connectivity index (χ4n) is 3.01. The van der Waals surface area contributed by atoms with Gasteiger partial charge in [0.25, 0.3) is 0 Å².